The van der Waals surface area contributed by atoms with Crippen molar-refractivity contribution in [3.63, 3.8) is 0 Å². The highest BCUT2D eigenvalue weighted by molar-refractivity contribution is 5.34. The van der Waals surface area contributed by atoms with E-state index in [1.807, 2.05) is 19.9 Å². The molecule has 0 spiro atoms. The van der Waals surface area contributed by atoms with Crippen molar-refractivity contribution in [1.29, 1.82) is 0 Å². The van der Waals surface area contributed by atoms with Crippen molar-refractivity contribution in [3.8, 4) is 0 Å². The Balaban J connectivity index is 2.44. The molecule has 1 aromatic carbocycles. The summed E-state index contributed by atoms with van der Waals surface area (Å²) in [6, 6.07) is 6.09. The van der Waals surface area contributed by atoms with Gasteiger partial charge in [-0.2, -0.15) is 0 Å². The molecule has 0 fully saturated rings. The first-order valence-corrected chi connectivity index (χ1v) is 6.72. The smallest absolute Gasteiger partial charge is 0.146 e. The summed E-state index contributed by atoms with van der Waals surface area (Å²) in [5, 5.41) is 3.20. The van der Waals surface area contributed by atoms with Gasteiger partial charge in [0.05, 0.1) is 12.2 Å². The van der Waals surface area contributed by atoms with E-state index in [4.69, 9.17) is 0 Å². The van der Waals surface area contributed by atoms with Crippen LogP contribution in [0.3, 0.4) is 0 Å². The van der Waals surface area contributed by atoms with Crippen molar-refractivity contribution in [1.82, 2.24) is 10.3 Å². The van der Waals surface area contributed by atoms with Crippen LogP contribution >= 0.6 is 0 Å². The minimum atomic E-state index is -0.501. The van der Waals surface area contributed by atoms with Crippen LogP contribution in [0.15, 0.2) is 36.7 Å². The van der Waals surface area contributed by atoms with Crippen LogP contribution in [-0.2, 0) is 0 Å². The predicted octanol–water partition coefficient (Wildman–Crippen LogP) is 3.76. The molecule has 4 heteroatoms. The van der Waals surface area contributed by atoms with Crippen LogP contribution in [0.25, 0.3) is 0 Å². The molecule has 1 N–H and O–H groups in total. The van der Waals surface area contributed by atoms with Crippen molar-refractivity contribution in [3.05, 3.63) is 65.0 Å². The summed E-state index contributed by atoms with van der Waals surface area (Å²) in [6.07, 6.45) is 3.56. The van der Waals surface area contributed by atoms with Crippen LogP contribution < -0.4 is 5.32 Å². The molecule has 1 atom stereocenters. The Kier molecular flexibility index (Phi) is 4.79. The van der Waals surface area contributed by atoms with Crippen LogP contribution in [0.5, 0.6) is 0 Å². The van der Waals surface area contributed by atoms with E-state index in [1.165, 1.54) is 12.3 Å². The Morgan fingerprint density at radius 2 is 1.90 bits per heavy atom. The van der Waals surface area contributed by atoms with Crippen molar-refractivity contribution in [2.75, 3.05) is 6.54 Å². The fourth-order valence-corrected chi connectivity index (χ4v) is 2.16. The average Bonchev–Trinajstić information content (AvgIpc) is 2.42. The molecule has 106 valence electrons. The predicted molar refractivity (Wildman–Crippen MR) is 75.5 cm³/mol. The minimum absolute atomic E-state index is 0.324. The van der Waals surface area contributed by atoms with Crippen LogP contribution in [0, 0.1) is 18.6 Å². The zero-order valence-corrected chi connectivity index (χ0v) is 11.7. The molecule has 0 aliphatic heterocycles. The van der Waals surface area contributed by atoms with Gasteiger partial charge < -0.3 is 5.32 Å². The first-order valence-electron chi connectivity index (χ1n) is 6.72. The van der Waals surface area contributed by atoms with Gasteiger partial charge >= 0.3 is 0 Å². The van der Waals surface area contributed by atoms with Crippen LogP contribution in [0.1, 0.15) is 36.1 Å². The second-order valence-corrected chi connectivity index (χ2v) is 4.81. The third-order valence-electron chi connectivity index (χ3n) is 3.18. The Hall–Kier alpha value is -1.81. The fraction of sp³-hybridized carbons (Fsp3) is 0.312. The lowest BCUT2D eigenvalue weighted by Crippen LogP contribution is -2.25. The van der Waals surface area contributed by atoms with E-state index in [2.05, 4.69) is 10.3 Å². The molecule has 0 aliphatic carbocycles. The average molecular weight is 276 g/mol. The van der Waals surface area contributed by atoms with E-state index in [-0.39, 0.29) is 5.82 Å². The zero-order valence-electron chi connectivity index (χ0n) is 11.7. The molecule has 0 radical (unpaired) electrons. The molecule has 1 aromatic heterocycles. The summed E-state index contributed by atoms with van der Waals surface area (Å²) in [4.78, 5) is 3.74. The molecule has 0 aliphatic rings. The van der Waals surface area contributed by atoms with Crippen LogP contribution in [0.4, 0.5) is 8.78 Å². The number of nitrogens with one attached hydrogen (secondary N) is 1. The lowest BCUT2D eigenvalue weighted by atomic mass is 9.97. The largest absolute Gasteiger partial charge is 0.306 e. The Labute approximate surface area is 117 Å². The third kappa shape index (κ3) is 3.20. The van der Waals surface area contributed by atoms with Crippen molar-refractivity contribution < 1.29 is 8.78 Å². The summed E-state index contributed by atoms with van der Waals surface area (Å²) >= 11 is 0. The van der Waals surface area contributed by atoms with E-state index in [0.717, 1.165) is 18.2 Å². The lowest BCUT2D eigenvalue weighted by Gasteiger charge is -2.20. The monoisotopic (exact) mass is 276 g/mol. The molecule has 1 unspecified atom stereocenters. The normalized spacial score (nSPS) is 12.4. The first-order chi connectivity index (χ1) is 9.63. The van der Waals surface area contributed by atoms with Gasteiger partial charge in [-0.3, -0.25) is 4.98 Å². The number of hydrogen-bond acceptors (Lipinski definition) is 2. The summed E-state index contributed by atoms with van der Waals surface area (Å²) in [6.45, 7) is 4.52. The number of pyridine rings is 1. The molecule has 2 nitrogen and oxygen atoms in total. The zero-order chi connectivity index (χ0) is 14.5. The van der Waals surface area contributed by atoms with Gasteiger partial charge in [0.15, 0.2) is 0 Å². The number of rotatable bonds is 5. The minimum Gasteiger partial charge on any atom is -0.306 e. The number of aromatic nitrogens is 1. The van der Waals surface area contributed by atoms with Crippen molar-refractivity contribution >= 4 is 0 Å². The Bertz CT molecular complexity index is 584. The highest BCUT2D eigenvalue weighted by Crippen LogP contribution is 2.26. The van der Waals surface area contributed by atoms with Gasteiger partial charge in [-0.25, -0.2) is 8.78 Å². The standard InChI is InChI=1S/C16H18F2N2/c1-3-7-20-16(13-6-8-19-10-15(13)18)12-5-4-11(2)9-14(12)17/h4-6,8-10,16,20H,3,7H2,1-2H3. The van der Waals surface area contributed by atoms with Gasteiger partial charge in [0.2, 0.25) is 0 Å². The number of aryl methyl sites for hydroxylation is 1. The molecule has 0 saturated heterocycles. The highest BCUT2D eigenvalue weighted by Gasteiger charge is 2.20. The van der Waals surface area contributed by atoms with E-state index in [1.54, 1.807) is 12.1 Å². The SMILES string of the molecule is CCCNC(c1ccncc1F)c1ccc(C)cc1F. The van der Waals surface area contributed by atoms with E-state index < -0.39 is 11.9 Å². The lowest BCUT2D eigenvalue weighted by molar-refractivity contribution is 0.518. The molecule has 2 rings (SSSR count). The van der Waals surface area contributed by atoms with Gasteiger partial charge in [-0.15, -0.1) is 0 Å². The molecule has 20 heavy (non-hydrogen) atoms. The van der Waals surface area contributed by atoms with Crippen molar-refractivity contribution in [2.24, 2.45) is 0 Å². The quantitative estimate of drug-likeness (QED) is 0.899. The first kappa shape index (κ1) is 14.6. The number of nitrogens with zero attached hydrogens (tertiary/aromatic N) is 1. The molecule has 1 heterocycles. The molecule has 0 bridgehead atoms. The second-order valence-electron chi connectivity index (χ2n) is 4.81. The van der Waals surface area contributed by atoms with Crippen LogP contribution in [0.2, 0.25) is 0 Å². The summed E-state index contributed by atoms with van der Waals surface area (Å²) in [7, 11) is 0. The van der Waals surface area contributed by atoms with Gasteiger partial charge in [-0.05, 0) is 37.6 Å². The number of hydrogen-bond donors (Lipinski definition) is 1. The topological polar surface area (TPSA) is 24.9 Å². The van der Waals surface area contributed by atoms with Gasteiger partial charge in [0.1, 0.15) is 11.6 Å². The summed E-state index contributed by atoms with van der Waals surface area (Å²) in [5.41, 5.74) is 1.71. The molecule has 2 aromatic rings. The van der Waals surface area contributed by atoms with Crippen molar-refractivity contribution in [2.45, 2.75) is 26.3 Å². The summed E-state index contributed by atoms with van der Waals surface area (Å²) in [5.74, 6) is -0.754. The summed E-state index contributed by atoms with van der Waals surface area (Å²) < 4.78 is 28.1. The Morgan fingerprint density at radius 1 is 1.15 bits per heavy atom. The van der Waals surface area contributed by atoms with Crippen LogP contribution in [-0.4, -0.2) is 11.5 Å². The molecular formula is C16H18F2N2. The second kappa shape index (κ2) is 6.57. The highest BCUT2D eigenvalue weighted by atomic mass is 19.1. The van der Waals surface area contributed by atoms with E-state index in [9.17, 15) is 8.78 Å². The molecule has 0 amide bonds. The number of benzene rings is 1. The van der Waals surface area contributed by atoms with Gasteiger partial charge in [-0.1, -0.05) is 19.1 Å². The van der Waals surface area contributed by atoms with E-state index in [0.29, 0.717) is 17.7 Å². The molecular weight excluding hydrogens is 258 g/mol. The number of halogens is 2. The third-order valence-corrected chi connectivity index (χ3v) is 3.18. The molecule has 0 saturated carbocycles. The Morgan fingerprint density at radius 3 is 2.55 bits per heavy atom. The fourth-order valence-electron chi connectivity index (χ4n) is 2.16. The maximum Gasteiger partial charge on any atom is 0.146 e. The van der Waals surface area contributed by atoms with E-state index >= 15 is 0 Å². The van der Waals surface area contributed by atoms with Gasteiger partial charge in [0, 0.05) is 17.3 Å². The maximum absolute atomic E-state index is 14.2. The van der Waals surface area contributed by atoms with Gasteiger partial charge in [0.25, 0.3) is 0 Å². The maximum atomic E-state index is 14.2.